The third kappa shape index (κ3) is 5.15. The highest BCUT2D eigenvalue weighted by Gasteiger charge is 2.39. The van der Waals surface area contributed by atoms with Gasteiger partial charge >= 0.3 is 11.9 Å². The molecule has 1 unspecified atom stereocenters. The second-order valence-electron chi connectivity index (χ2n) is 5.00. The van der Waals surface area contributed by atoms with Gasteiger partial charge in [-0.1, -0.05) is 30.3 Å². The molecule has 0 N–H and O–H groups in total. The van der Waals surface area contributed by atoms with Crippen LogP contribution in [0.2, 0.25) is 0 Å². The molecule has 0 heterocycles. The number of carbonyl (C=O) groups excluding carboxylic acids is 2. The first-order valence-electron chi connectivity index (χ1n) is 7.54. The maximum absolute atomic E-state index is 12.3. The quantitative estimate of drug-likeness (QED) is 0.546. The van der Waals surface area contributed by atoms with E-state index < -0.39 is 24.0 Å². The van der Waals surface area contributed by atoms with Gasteiger partial charge in [0.25, 0.3) is 0 Å². The Labute approximate surface area is 131 Å². The fourth-order valence-electron chi connectivity index (χ4n) is 2.09. The van der Waals surface area contributed by atoms with Crippen LogP contribution in [0, 0.1) is 5.92 Å². The molecule has 5 nitrogen and oxygen atoms in total. The molecule has 22 heavy (non-hydrogen) atoms. The number of carbonyl (C=O) groups is 2. The van der Waals surface area contributed by atoms with Crippen LogP contribution in [-0.4, -0.2) is 31.3 Å². The Hall–Kier alpha value is -1.88. The first kappa shape index (κ1) is 18.2. The first-order chi connectivity index (χ1) is 10.5. The van der Waals surface area contributed by atoms with Crippen LogP contribution in [0.5, 0.6) is 0 Å². The summed E-state index contributed by atoms with van der Waals surface area (Å²) in [4.78, 5) is 24.5. The van der Waals surface area contributed by atoms with Crippen molar-refractivity contribution in [1.82, 2.24) is 0 Å². The Bertz CT molecular complexity index is 451. The van der Waals surface area contributed by atoms with E-state index in [2.05, 4.69) is 0 Å². The van der Waals surface area contributed by atoms with Crippen LogP contribution >= 0.6 is 0 Å². The third-order valence-electron chi connectivity index (χ3n) is 2.93. The predicted octanol–water partition coefficient (Wildman–Crippen LogP) is 2.90. The van der Waals surface area contributed by atoms with Crippen LogP contribution in [-0.2, 0) is 23.8 Å². The Morgan fingerprint density at radius 3 is 1.86 bits per heavy atom. The molecule has 1 atom stereocenters. The van der Waals surface area contributed by atoms with Gasteiger partial charge in [0.05, 0.1) is 19.3 Å². The first-order valence-corrected chi connectivity index (χ1v) is 7.54. The number of esters is 2. The summed E-state index contributed by atoms with van der Waals surface area (Å²) >= 11 is 0. The summed E-state index contributed by atoms with van der Waals surface area (Å²) < 4.78 is 15.9. The number of ether oxygens (including phenoxy) is 3. The Kier molecular flexibility index (Phi) is 7.60. The smallest absolute Gasteiger partial charge is 0.323 e. The van der Waals surface area contributed by atoms with Crippen LogP contribution in [0.4, 0.5) is 0 Å². The zero-order chi connectivity index (χ0) is 16.5. The Morgan fingerprint density at radius 2 is 1.45 bits per heavy atom. The minimum atomic E-state index is -1.13. The lowest BCUT2D eigenvalue weighted by Gasteiger charge is -2.26. The molecular weight excluding hydrogens is 284 g/mol. The van der Waals surface area contributed by atoms with Crippen LogP contribution in [0.1, 0.15) is 39.4 Å². The van der Waals surface area contributed by atoms with E-state index in [9.17, 15) is 9.59 Å². The molecule has 1 rings (SSSR count). The molecule has 5 heteroatoms. The summed E-state index contributed by atoms with van der Waals surface area (Å²) in [5.74, 6) is -2.39. The molecule has 0 saturated heterocycles. The number of hydrogen-bond donors (Lipinski definition) is 0. The summed E-state index contributed by atoms with van der Waals surface area (Å²) in [7, 11) is 0. The minimum absolute atomic E-state index is 0.156. The number of hydrogen-bond acceptors (Lipinski definition) is 5. The fourth-order valence-corrected chi connectivity index (χ4v) is 2.09. The van der Waals surface area contributed by atoms with E-state index in [4.69, 9.17) is 14.2 Å². The van der Waals surface area contributed by atoms with Gasteiger partial charge in [-0.3, -0.25) is 9.59 Å². The van der Waals surface area contributed by atoms with Gasteiger partial charge in [0.1, 0.15) is 6.10 Å². The van der Waals surface area contributed by atoms with Gasteiger partial charge in [0.15, 0.2) is 5.92 Å². The highest BCUT2D eigenvalue weighted by molar-refractivity contribution is 5.95. The van der Waals surface area contributed by atoms with Crippen molar-refractivity contribution in [3.63, 3.8) is 0 Å². The molecule has 0 fully saturated rings. The molecule has 0 aliphatic rings. The third-order valence-corrected chi connectivity index (χ3v) is 2.93. The van der Waals surface area contributed by atoms with Crippen molar-refractivity contribution in [3.05, 3.63) is 35.9 Å². The summed E-state index contributed by atoms with van der Waals surface area (Å²) in [5.41, 5.74) is 0.738. The second kappa shape index (κ2) is 9.20. The van der Waals surface area contributed by atoms with Gasteiger partial charge < -0.3 is 14.2 Å². The lowest BCUT2D eigenvalue weighted by atomic mass is 9.95. The second-order valence-corrected chi connectivity index (χ2v) is 5.00. The van der Waals surface area contributed by atoms with Gasteiger partial charge in [-0.25, -0.2) is 0 Å². The lowest BCUT2D eigenvalue weighted by molar-refractivity contribution is -0.171. The number of rotatable bonds is 8. The topological polar surface area (TPSA) is 61.8 Å². The summed E-state index contributed by atoms with van der Waals surface area (Å²) in [5, 5.41) is 0. The van der Waals surface area contributed by atoms with Crippen molar-refractivity contribution in [2.24, 2.45) is 5.92 Å². The SMILES string of the molecule is CCOC(=O)C(C(=O)OCC)C(OC(C)C)c1ccccc1. The molecule has 0 spiro atoms. The van der Waals surface area contributed by atoms with Crippen molar-refractivity contribution < 1.29 is 23.8 Å². The molecule has 0 radical (unpaired) electrons. The lowest BCUT2D eigenvalue weighted by Crippen LogP contribution is -2.35. The van der Waals surface area contributed by atoms with E-state index in [0.717, 1.165) is 5.56 Å². The molecule has 1 aromatic carbocycles. The fraction of sp³-hybridized carbons (Fsp3) is 0.529. The summed E-state index contributed by atoms with van der Waals surface area (Å²) in [6.07, 6.45) is -0.893. The Balaban J connectivity index is 3.17. The standard InChI is InChI=1S/C17H24O5/c1-5-20-16(18)14(17(19)21-6-2)15(22-12(3)4)13-10-8-7-9-11-13/h7-12,14-15H,5-6H2,1-4H3. The van der Waals surface area contributed by atoms with E-state index in [-0.39, 0.29) is 19.3 Å². The normalized spacial score (nSPS) is 12.3. The average molecular weight is 308 g/mol. The van der Waals surface area contributed by atoms with E-state index >= 15 is 0 Å². The van der Waals surface area contributed by atoms with Crippen molar-refractivity contribution in [1.29, 1.82) is 0 Å². The van der Waals surface area contributed by atoms with Gasteiger partial charge in [0, 0.05) is 0 Å². The van der Waals surface area contributed by atoms with E-state index in [0.29, 0.717) is 0 Å². The van der Waals surface area contributed by atoms with Crippen molar-refractivity contribution in [3.8, 4) is 0 Å². The van der Waals surface area contributed by atoms with Gasteiger partial charge in [-0.05, 0) is 33.3 Å². The van der Waals surface area contributed by atoms with Gasteiger partial charge in [0.2, 0.25) is 0 Å². The predicted molar refractivity (Wildman–Crippen MR) is 82.2 cm³/mol. The van der Waals surface area contributed by atoms with Gasteiger partial charge in [-0.2, -0.15) is 0 Å². The monoisotopic (exact) mass is 308 g/mol. The van der Waals surface area contributed by atoms with Crippen LogP contribution in [0.15, 0.2) is 30.3 Å². The largest absolute Gasteiger partial charge is 0.465 e. The van der Waals surface area contributed by atoms with Crippen LogP contribution in [0.3, 0.4) is 0 Å². The summed E-state index contributed by atoms with van der Waals surface area (Å²) in [6.45, 7) is 7.48. The van der Waals surface area contributed by atoms with Crippen LogP contribution < -0.4 is 0 Å². The maximum Gasteiger partial charge on any atom is 0.323 e. The van der Waals surface area contributed by atoms with E-state index in [1.807, 2.05) is 44.2 Å². The minimum Gasteiger partial charge on any atom is -0.465 e. The van der Waals surface area contributed by atoms with Crippen molar-refractivity contribution in [2.45, 2.75) is 39.9 Å². The number of benzene rings is 1. The van der Waals surface area contributed by atoms with Crippen molar-refractivity contribution >= 4 is 11.9 Å². The molecule has 0 saturated carbocycles. The molecular formula is C17H24O5. The molecule has 0 aliphatic heterocycles. The molecule has 122 valence electrons. The van der Waals surface area contributed by atoms with Crippen molar-refractivity contribution in [2.75, 3.05) is 13.2 Å². The van der Waals surface area contributed by atoms with E-state index in [1.165, 1.54) is 0 Å². The van der Waals surface area contributed by atoms with Crippen LogP contribution in [0.25, 0.3) is 0 Å². The zero-order valence-corrected chi connectivity index (χ0v) is 13.6. The maximum atomic E-state index is 12.3. The summed E-state index contributed by atoms with van der Waals surface area (Å²) in [6, 6.07) is 9.16. The highest BCUT2D eigenvalue weighted by atomic mass is 16.6. The highest BCUT2D eigenvalue weighted by Crippen LogP contribution is 2.30. The van der Waals surface area contributed by atoms with E-state index in [1.54, 1.807) is 13.8 Å². The molecule has 0 aliphatic carbocycles. The molecule has 1 aromatic rings. The average Bonchev–Trinajstić information content (AvgIpc) is 2.47. The molecule has 0 amide bonds. The van der Waals surface area contributed by atoms with Gasteiger partial charge in [-0.15, -0.1) is 0 Å². The Morgan fingerprint density at radius 1 is 0.955 bits per heavy atom. The zero-order valence-electron chi connectivity index (χ0n) is 13.6. The molecule has 0 aromatic heterocycles. The molecule has 0 bridgehead atoms.